The quantitative estimate of drug-likeness (QED) is 0.796. The molecule has 0 heterocycles. The standard InChI is InChI=1S/C13H19FN2/c1-16(9-10-4-2-3-5-10)11-6-7-13(15)12(14)8-11/h6-8,10H,2-5,9,15H2,1H3. The van der Waals surface area contributed by atoms with Gasteiger partial charge < -0.3 is 10.6 Å². The molecular weight excluding hydrogens is 203 g/mol. The minimum Gasteiger partial charge on any atom is -0.396 e. The molecule has 1 aromatic rings. The Morgan fingerprint density at radius 3 is 2.69 bits per heavy atom. The van der Waals surface area contributed by atoms with E-state index in [9.17, 15) is 4.39 Å². The summed E-state index contributed by atoms with van der Waals surface area (Å²) < 4.78 is 13.3. The van der Waals surface area contributed by atoms with Gasteiger partial charge in [-0.3, -0.25) is 0 Å². The molecule has 0 bridgehead atoms. The molecule has 0 aromatic heterocycles. The van der Waals surface area contributed by atoms with E-state index in [0.29, 0.717) is 0 Å². The maximum absolute atomic E-state index is 13.3. The molecule has 88 valence electrons. The average molecular weight is 222 g/mol. The van der Waals surface area contributed by atoms with Crippen molar-refractivity contribution in [2.45, 2.75) is 25.7 Å². The minimum atomic E-state index is -0.323. The van der Waals surface area contributed by atoms with Crippen LogP contribution in [0.25, 0.3) is 0 Å². The molecule has 0 saturated heterocycles. The SMILES string of the molecule is CN(CC1CCCC1)c1ccc(N)c(F)c1. The largest absolute Gasteiger partial charge is 0.396 e. The van der Waals surface area contributed by atoms with Crippen molar-refractivity contribution in [1.29, 1.82) is 0 Å². The summed E-state index contributed by atoms with van der Waals surface area (Å²) >= 11 is 0. The number of hydrogen-bond acceptors (Lipinski definition) is 2. The van der Waals surface area contributed by atoms with Gasteiger partial charge in [0.15, 0.2) is 0 Å². The highest BCUT2D eigenvalue weighted by Gasteiger charge is 2.17. The van der Waals surface area contributed by atoms with Crippen LogP contribution in [0.4, 0.5) is 15.8 Å². The molecule has 0 unspecified atom stereocenters. The van der Waals surface area contributed by atoms with E-state index >= 15 is 0 Å². The van der Waals surface area contributed by atoms with Gasteiger partial charge in [-0.15, -0.1) is 0 Å². The lowest BCUT2D eigenvalue weighted by Crippen LogP contribution is -2.24. The van der Waals surface area contributed by atoms with E-state index in [1.807, 2.05) is 13.1 Å². The van der Waals surface area contributed by atoms with E-state index in [1.165, 1.54) is 31.7 Å². The first-order valence-corrected chi connectivity index (χ1v) is 5.93. The van der Waals surface area contributed by atoms with Crippen LogP contribution in [0.2, 0.25) is 0 Å². The molecule has 2 nitrogen and oxygen atoms in total. The molecule has 1 saturated carbocycles. The molecule has 3 heteroatoms. The molecule has 0 radical (unpaired) electrons. The normalized spacial score (nSPS) is 16.6. The third-order valence-corrected chi connectivity index (χ3v) is 3.43. The predicted octanol–water partition coefficient (Wildman–Crippen LogP) is 3.03. The Morgan fingerprint density at radius 1 is 1.38 bits per heavy atom. The average Bonchev–Trinajstić information content (AvgIpc) is 2.74. The minimum absolute atomic E-state index is 0.220. The van der Waals surface area contributed by atoms with E-state index in [2.05, 4.69) is 4.90 Å². The fourth-order valence-electron chi connectivity index (χ4n) is 2.44. The van der Waals surface area contributed by atoms with Gasteiger partial charge in [-0.25, -0.2) is 4.39 Å². The molecule has 1 fully saturated rings. The van der Waals surface area contributed by atoms with Crippen LogP contribution in [0.15, 0.2) is 18.2 Å². The highest BCUT2D eigenvalue weighted by atomic mass is 19.1. The summed E-state index contributed by atoms with van der Waals surface area (Å²) in [5.41, 5.74) is 6.59. The molecular formula is C13H19FN2. The maximum Gasteiger partial charge on any atom is 0.148 e. The smallest absolute Gasteiger partial charge is 0.148 e. The maximum atomic E-state index is 13.3. The van der Waals surface area contributed by atoms with E-state index in [0.717, 1.165) is 18.2 Å². The summed E-state index contributed by atoms with van der Waals surface area (Å²) in [5, 5.41) is 0. The van der Waals surface area contributed by atoms with Crippen molar-refractivity contribution in [1.82, 2.24) is 0 Å². The Kier molecular flexibility index (Phi) is 3.32. The molecule has 1 aliphatic carbocycles. The van der Waals surface area contributed by atoms with Gasteiger partial charge in [-0.1, -0.05) is 12.8 Å². The summed E-state index contributed by atoms with van der Waals surface area (Å²) in [7, 11) is 2.02. The Labute approximate surface area is 96.2 Å². The molecule has 2 rings (SSSR count). The number of anilines is 2. The summed E-state index contributed by atoms with van der Waals surface area (Å²) in [6.07, 6.45) is 5.30. The topological polar surface area (TPSA) is 29.3 Å². The molecule has 0 amide bonds. The molecule has 1 aliphatic rings. The Bertz CT molecular complexity index is 359. The van der Waals surface area contributed by atoms with Gasteiger partial charge in [0.2, 0.25) is 0 Å². The predicted molar refractivity (Wildman–Crippen MR) is 66.0 cm³/mol. The van der Waals surface area contributed by atoms with E-state index in [4.69, 9.17) is 5.73 Å². The first-order chi connectivity index (χ1) is 7.66. The molecule has 0 spiro atoms. The van der Waals surface area contributed by atoms with Gasteiger partial charge in [-0.2, -0.15) is 0 Å². The van der Waals surface area contributed by atoms with Gasteiger partial charge in [-0.05, 0) is 37.0 Å². The molecule has 16 heavy (non-hydrogen) atoms. The van der Waals surface area contributed by atoms with Crippen LogP contribution in [-0.2, 0) is 0 Å². The van der Waals surface area contributed by atoms with Crippen molar-refractivity contribution in [2.75, 3.05) is 24.2 Å². The number of hydrogen-bond donors (Lipinski definition) is 1. The first-order valence-electron chi connectivity index (χ1n) is 5.93. The van der Waals surface area contributed by atoms with Crippen LogP contribution < -0.4 is 10.6 Å². The number of halogens is 1. The van der Waals surface area contributed by atoms with Crippen LogP contribution in [-0.4, -0.2) is 13.6 Å². The van der Waals surface area contributed by atoms with Crippen molar-refractivity contribution in [2.24, 2.45) is 5.92 Å². The number of nitrogens with zero attached hydrogens (tertiary/aromatic N) is 1. The fourth-order valence-corrected chi connectivity index (χ4v) is 2.44. The van der Waals surface area contributed by atoms with Gasteiger partial charge >= 0.3 is 0 Å². The second-order valence-electron chi connectivity index (χ2n) is 4.74. The Balaban J connectivity index is 2.02. The van der Waals surface area contributed by atoms with E-state index in [-0.39, 0.29) is 11.5 Å². The second-order valence-corrected chi connectivity index (χ2v) is 4.74. The molecule has 0 aliphatic heterocycles. The zero-order valence-electron chi connectivity index (χ0n) is 9.75. The lowest BCUT2D eigenvalue weighted by molar-refractivity contribution is 0.546. The summed E-state index contributed by atoms with van der Waals surface area (Å²) in [4.78, 5) is 2.12. The Morgan fingerprint density at radius 2 is 2.06 bits per heavy atom. The van der Waals surface area contributed by atoms with Crippen LogP contribution in [0.3, 0.4) is 0 Å². The number of benzene rings is 1. The zero-order valence-corrected chi connectivity index (χ0v) is 9.75. The van der Waals surface area contributed by atoms with Gasteiger partial charge in [0, 0.05) is 19.3 Å². The van der Waals surface area contributed by atoms with E-state index in [1.54, 1.807) is 6.07 Å². The van der Waals surface area contributed by atoms with Crippen molar-refractivity contribution in [3.8, 4) is 0 Å². The molecule has 1 aromatic carbocycles. The van der Waals surface area contributed by atoms with Crippen molar-refractivity contribution < 1.29 is 4.39 Å². The number of nitrogens with two attached hydrogens (primary N) is 1. The third kappa shape index (κ3) is 2.46. The highest BCUT2D eigenvalue weighted by Crippen LogP contribution is 2.27. The van der Waals surface area contributed by atoms with Crippen molar-refractivity contribution >= 4 is 11.4 Å². The van der Waals surface area contributed by atoms with Gasteiger partial charge in [0.1, 0.15) is 5.82 Å². The van der Waals surface area contributed by atoms with Crippen molar-refractivity contribution in [3.05, 3.63) is 24.0 Å². The fraction of sp³-hybridized carbons (Fsp3) is 0.538. The zero-order chi connectivity index (χ0) is 11.5. The number of rotatable bonds is 3. The molecule has 0 atom stereocenters. The number of nitrogen functional groups attached to an aromatic ring is 1. The first kappa shape index (κ1) is 11.2. The second kappa shape index (κ2) is 4.73. The van der Waals surface area contributed by atoms with Crippen LogP contribution in [0.1, 0.15) is 25.7 Å². The summed E-state index contributed by atoms with van der Waals surface area (Å²) in [6.45, 7) is 1.02. The van der Waals surface area contributed by atoms with Crippen molar-refractivity contribution in [3.63, 3.8) is 0 Å². The Hall–Kier alpha value is -1.25. The summed E-state index contributed by atoms with van der Waals surface area (Å²) in [5.74, 6) is 0.446. The van der Waals surface area contributed by atoms with Crippen LogP contribution in [0, 0.1) is 11.7 Å². The monoisotopic (exact) mass is 222 g/mol. The van der Waals surface area contributed by atoms with E-state index < -0.39 is 0 Å². The van der Waals surface area contributed by atoms with Crippen LogP contribution >= 0.6 is 0 Å². The molecule has 2 N–H and O–H groups in total. The van der Waals surface area contributed by atoms with Gasteiger partial charge in [0.05, 0.1) is 5.69 Å². The highest BCUT2D eigenvalue weighted by molar-refractivity contribution is 5.53. The van der Waals surface area contributed by atoms with Crippen LogP contribution in [0.5, 0.6) is 0 Å². The lowest BCUT2D eigenvalue weighted by Gasteiger charge is -2.23. The lowest BCUT2D eigenvalue weighted by atomic mass is 10.1. The third-order valence-electron chi connectivity index (χ3n) is 3.43. The summed E-state index contributed by atoms with van der Waals surface area (Å²) in [6, 6.07) is 5.04. The van der Waals surface area contributed by atoms with Gasteiger partial charge in [0.25, 0.3) is 0 Å².